The van der Waals surface area contributed by atoms with Crippen LogP contribution in [0.3, 0.4) is 0 Å². The maximum absolute atomic E-state index is 12.4. The van der Waals surface area contributed by atoms with Crippen molar-refractivity contribution in [2.45, 2.75) is 6.54 Å². The predicted molar refractivity (Wildman–Crippen MR) is 102 cm³/mol. The molecule has 0 atom stereocenters. The number of methoxy groups -OCH3 is 1. The van der Waals surface area contributed by atoms with E-state index in [1.54, 1.807) is 24.3 Å². The molecule has 144 valence electrons. The average molecular weight is 401 g/mol. The fraction of sp³-hybridized carbons (Fsp3) is 0.200. The Kier molecular flexibility index (Phi) is 5.08. The van der Waals surface area contributed by atoms with Gasteiger partial charge in [0.25, 0.3) is 5.91 Å². The molecule has 1 N–H and O–H groups in total. The fourth-order valence-corrected chi connectivity index (χ4v) is 3.02. The molecule has 1 aliphatic rings. The second-order valence-electron chi connectivity index (χ2n) is 6.07. The molecule has 3 aromatic rings. The number of ether oxygens (including phenoxy) is 3. The van der Waals surface area contributed by atoms with E-state index in [2.05, 4.69) is 10.5 Å². The van der Waals surface area contributed by atoms with Crippen molar-refractivity contribution < 1.29 is 23.5 Å². The Morgan fingerprint density at radius 1 is 1.14 bits per heavy atom. The Morgan fingerprint density at radius 3 is 2.79 bits per heavy atom. The summed E-state index contributed by atoms with van der Waals surface area (Å²) in [5.74, 6) is 2.07. The third kappa shape index (κ3) is 3.75. The number of nitrogens with zero attached hydrogens (tertiary/aromatic N) is 1. The summed E-state index contributed by atoms with van der Waals surface area (Å²) in [6.07, 6.45) is 0. The first-order chi connectivity index (χ1) is 13.6. The van der Waals surface area contributed by atoms with Gasteiger partial charge in [-0.3, -0.25) is 4.79 Å². The van der Waals surface area contributed by atoms with Crippen molar-refractivity contribution in [1.82, 2.24) is 10.5 Å². The number of hydrogen-bond donors (Lipinski definition) is 1. The molecule has 0 bridgehead atoms. The number of nitrogens with one attached hydrogen (secondary N) is 1. The van der Waals surface area contributed by atoms with Gasteiger partial charge in [0, 0.05) is 16.7 Å². The third-order valence-corrected chi connectivity index (χ3v) is 4.46. The van der Waals surface area contributed by atoms with Crippen LogP contribution in [-0.4, -0.2) is 31.4 Å². The summed E-state index contributed by atoms with van der Waals surface area (Å²) in [6.45, 7) is 1.25. The zero-order chi connectivity index (χ0) is 19.5. The van der Waals surface area contributed by atoms with E-state index >= 15 is 0 Å². The van der Waals surface area contributed by atoms with Crippen LogP contribution < -0.4 is 19.5 Å². The van der Waals surface area contributed by atoms with Crippen LogP contribution in [0.2, 0.25) is 5.02 Å². The van der Waals surface area contributed by atoms with Gasteiger partial charge in [0.15, 0.2) is 17.3 Å². The molecule has 8 heteroatoms. The first-order valence-corrected chi connectivity index (χ1v) is 8.99. The standard InChI is InChI=1S/C20H17ClN2O5/c1-25-16-5-3-13(21)9-15(16)20(24)22-11-14-10-18(28-23-14)12-2-4-17-19(8-12)27-7-6-26-17/h2-5,8-10H,6-7,11H2,1H3,(H,22,24). The van der Waals surface area contributed by atoms with E-state index in [1.165, 1.54) is 7.11 Å². The van der Waals surface area contributed by atoms with Crippen molar-refractivity contribution in [3.63, 3.8) is 0 Å². The van der Waals surface area contributed by atoms with Gasteiger partial charge in [-0.25, -0.2) is 0 Å². The van der Waals surface area contributed by atoms with Crippen molar-refractivity contribution >= 4 is 17.5 Å². The molecule has 7 nitrogen and oxygen atoms in total. The van der Waals surface area contributed by atoms with Gasteiger partial charge < -0.3 is 24.1 Å². The number of fused-ring (bicyclic) bond motifs is 1. The van der Waals surface area contributed by atoms with Gasteiger partial charge in [-0.05, 0) is 36.4 Å². The van der Waals surface area contributed by atoms with Crippen LogP contribution in [0.1, 0.15) is 16.1 Å². The molecule has 0 saturated carbocycles. The number of carbonyl (C=O) groups is 1. The highest BCUT2D eigenvalue weighted by atomic mass is 35.5. The molecule has 0 spiro atoms. The summed E-state index contributed by atoms with van der Waals surface area (Å²) in [6, 6.07) is 12.2. The highest BCUT2D eigenvalue weighted by molar-refractivity contribution is 6.31. The maximum Gasteiger partial charge on any atom is 0.255 e. The minimum atomic E-state index is -0.316. The minimum absolute atomic E-state index is 0.197. The Hall–Kier alpha value is -3.19. The predicted octanol–water partition coefficient (Wildman–Crippen LogP) is 3.70. The number of amides is 1. The van der Waals surface area contributed by atoms with Crippen molar-refractivity contribution in [3.05, 3.63) is 58.7 Å². The van der Waals surface area contributed by atoms with E-state index < -0.39 is 0 Å². The number of rotatable bonds is 5. The highest BCUT2D eigenvalue weighted by Gasteiger charge is 2.16. The first kappa shape index (κ1) is 18.2. The molecule has 2 aromatic carbocycles. The zero-order valence-corrected chi connectivity index (χ0v) is 15.8. The Balaban J connectivity index is 1.46. The largest absolute Gasteiger partial charge is 0.496 e. The van der Waals surface area contributed by atoms with Gasteiger partial charge in [-0.2, -0.15) is 0 Å². The molecular weight excluding hydrogens is 384 g/mol. The summed E-state index contributed by atoms with van der Waals surface area (Å²) in [4.78, 5) is 12.4. The lowest BCUT2D eigenvalue weighted by atomic mass is 10.1. The van der Waals surface area contributed by atoms with Gasteiger partial charge in [0.05, 0.1) is 19.2 Å². The second-order valence-corrected chi connectivity index (χ2v) is 6.50. The van der Waals surface area contributed by atoms with Gasteiger partial charge in [-0.1, -0.05) is 16.8 Å². The minimum Gasteiger partial charge on any atom is -0.496 e. The van der Waals surface area contributed by atoms with Gasteiger partial charge in [0.1, 0.15) is 24.7 Å². The molecule has 4 rings (SSSR count). The summed E-state index contributed by atoms with van der Waals surface area (Å²) in [7, 11) is 1.50. The van der Waals surface area contributed by atoms with E-state index in [0.29, 0.717) is 52.5 Å². The molecule has 2 heterocycles. The van der Waals surface area contributed by atoms with E-state index in [1.807, 2.05) is 18.2 Å². The van der Waals surface area contributed by atoms with Crippen molar-refractivity contribution in [2.24, 2.45) is 0 Å². The quantitative estimate of drug-likeness (QED) is 0.703. The second kappa shape index (κ2) is 7.82. The van der Waals surface area contributed by atoms with E-state index in [0.717, 1.165) is 5.56 Å². The van der Waals surface area contributed by atoms with Crippen molar-refractivity contribution in [2.75, 3.05) is 20.3 Å². The van der Waals surface area contributed by atoms with Crippen molar-refractivity contribution in [3.8, 4) is 28.6 Å². The number of benzene rings is 2. The smallest absolute Gasteiger partial charge is 0.255 e. The molecule has 28 heavy (non-hydrogen) atoms. The summed E-state index contributed by atoms with van der Waals surface area (Å²) >= 11 is 5.97. The van der Waals surface area contributed by atoms with Crippen LogP contribution in [0, 0.1) is 0 Å². The topological polar surface area (TPSA) is 82.8 Å². The number of aromatic nitrogens is 1. The maximum atomic E-state index is 12.4. The van der Waals surface area contributed by atoms with E-state index in [9.17, 15) is 4.79 Å². The Bertz CT molecular complexity index is 1020. The molecule has 0 unspecified atom stereocenters. The van der Waals surface area contributed by atoms with Crippen LogP contribution in [0.15, 0.2) is 47.0 Å². The van der Waals surface area contributed by atoms with Crippen LogP contribution in [0.25, 0.3) is 11.3 Å². The summed E-state index contributed by atoms with van der Waals surface area (Å²) < 4.78 is 21.7. The number of halogens is 1. The molecule has 1 aliphatic heterocycles. The Labute approximate surface area is 166 Å². The Morgan fingerprint density at radius 2 is 1.96 bits per heavy atom. The highest BCUT2D eigenvalue weighted by Crippen LogP contribution is 2.34. The molecule has 1 amide bonds. The van der Waals surface area contributed by atoms with Crippen LogP contribution in [-0.2, 0) is 6.54 Å². The SMILES string of the molecule is COc1ccc(Cl)cc1C(=O)NCc1cc(-c2ccc3c(c2)OCCO3)on1. The normalized spacial score (nSPS) is 12.5. The number of carbonyl (C=O) groups excluding carboxylic acids is 1. The van der Waals surface area contributed by atoms with Gasteiger partial charge >= 0.3 is 0 Å². The molecule has 0 radical (unpaired) electrons. The van der Waals surface area contributed by atoms with Gasteiger partial charge in [-0.15, -0.1) is 0 Å². The molecular formula is C20H17ClN2O5. The van der Waals surface area contributed by atoms with E-state index in [-0.39, 0.29) is 12.5 Å². The number of hydrogen-bond acceptors (Lipinski definition) is 6. The summed E-state index contributed by atoms with van der Waals surface area (Å²) in [5, 5.41) is 7.25. The van der Waals surface area contributed by atoms with Crippen LogP contribution in [0.5, 0.6) is 17.2 Å². The van der Waals surface area contributed by atoms with Gasteiger partial charge in [0.2, 0.25) is 0 Å². The van der Waals surface area contributed by atoms with Crippen LogP contribution >= 0.6 is 11.6 Å². The lowest BCUT2D eigenvalue weighted by molar-refractivity contribution is 0.0947. The zero-order valence-electron chi connectivity index (χ0n) is 15.0. The van der Waals surface area contributed by atoms with Crippen molar-refractivity contribution in [1.29, 1.82) is 0 Å². The monoisotopic (exact) mass is 400 g/mol. The molecule has 1 aromatic heterocycles. The average Bonchev–Trinajstić information content (AvgIpc) is 3.20. The fourth-order valence-electron chi connectivity index (χ4n) is 2.85. The molecule has 0 aliphatic carbocycles. The third-order valence-electron chi connectivity index (χ3n) is 4.22. The van der Waals surface area contributed by atoms with Crippen LogP contribution in [0.4, 0.5) is 0 Å². The van der Waals surface area contributed by atoms with E-state index in [4.69, 9.17) is 30.3 Å². The molecule has 0 saturated heterocycles. The summed E-state index contributed by atoms with van der Waals surface area (Å²) in [5.41, 5.74) is 1.75. The lowest BCUT2D eigenvalue weighted by Gasteiger charge is -2.18. The lowest BCUT2D eigenvalue weighted by Crippen LogP contribution is -2.23. The first-order valence-electron chi connectivity index (χ1n) is 8.61. The molecule has 0 fully saturated rings.